The molecular formula is C16H18BrN3O. The number of aromatic nitrogens is 2. The van der Waals surface area contributed by atoms with E-state index in [2.05, 4.69) is 38.5 Å². The number of hydrogen-bond acceptors (Lipinski definition) is 2. The lowest BCUT2D eigenvalue weighted by Crippen LogP contribution is -2.34. The van der Waals surface area contributed by atoms with E-state index in [1.807, 2.05) is 29.1 Å². The molecule has 1 aliphatic rings. The second-order valence-electron chi connectivity index (χ2n) is 5.51. The fraction of sp³-hybridized carbons (Fsp3) is 0.375. The van der Waals surface area contributed by atoms with E-state index in [4.69, 9.17) is 0 Å². The average Bonchev–Trinajstić information content (AvgIpc) is 3.05. The van der Waals surface area contributed by atoms with Crippen LogP contribution in [0.3, 0.4) is 0 Å². The van der Waals surface area contributed by atoms with E-state index in [1.165, 1.54) is 5.56 Å². The minimum absolute atomic E-state index is 0.125. The zero-order chi connectivity index (χ0) is 14.7. The largest absolute Gasteiger partial charge is 0.347 e. The van der Waals surface area contributed by atoms with Gasteiger partial charge in [0.2, 0.25) is 5.91 Å². The molecule has 1 amide bonds. The van der Waals surface area contributed by atoms with E-state index < -0.39 is 0 Å². The van der Waals surface area contributed by atoms with Crippen LogP contribution >= 0.6 is 15.9 Å². The van der Waals surface area contributed by atoms with Crippen LogP contribution in [0.2, 0.25) is 0 Å². The fourth-order valence-electron chi connectivity index (χ4n) is 2.56. The average molecular weight is 348 g/mol. The van der Waals surface area contributed by atoms with Crippen LogP contribution in [0.1, 0.15) is 31.2 Å². The molecule has 1 heterocycles. The topological polar surface area (TPSA) is 46.9 Å². The van der Waals surface area contributed by atoms with E-state index in [0.717, 1.165) is 30.3 Å². The Bertz CT molecular complexity index is 620. The molecule has 4 nitrogen and oxygen atoms in total. The molecule has 0 atom stereocenters. The van der Waals surface area contributed by atoms with Gasteiger partial charge in [0.15, 0.2) is 0 Å². The maximum absolute atomic E-state index is 12.1. The summed E-state index contributed by atoms with van der Waals surface area (Å²) in [5.74, 6) is 0.125. The van der Waals surface area contributed by atoms with Gasteiger partial charge in [-0.2, -0.15) is 5.10 Å². The highest BCUT2D eigenvalue weighted by molar-refractivity contribution is 9.10. The number of aryl methyl sites for hydroxylation is 1. The van der Waals surface area contributed by atoms with Crippen LogP contribution in [-0.2, 0) is 16.9 Å². The van der Waals surface area contributed by atoms with Gasteiger partial charge < -0.3 is 5.32 Å². The summed E-state index contributed by atoms with van der Waals surface area (Å²) in [7, 11) is 0. The Morgan fingerprint density at radius 2 is 2.24 bits per heavy atom. The van der Waals surface area contributed by atoms with Crippen molar-refractivity contribution >= 4 is 21.8 Å². The van der Waals surface area contributed by atoms with Crippen LogP contribution in [0.4, 0.5) is 0 Å². The minimum Gasteiger partial charge on any atom is -0.347 e. The monoisotopic (exact) mass is 347 g/mol. The Morgan fingerprint density at radius 1 is 1.38 bits per heavy atom. The van der Waals surface area contributed by atoms with Crippen LogP contribution < -0.4 is 5.32 Å². The van der Waals surface area contributed by atoms with Gasteiger partial charge in [-0.05, 0) is 43.0 Å². The third kappa shape index (κ3) is 3.53. The first-order chi connectivity index (χ1) is 10.2. The van der Waals surface area contributed by atoms with Gasteiger partial charge >= 0.3 is 0 Å². The number of benzene rings is 1. The number of carbonyl (C=O) groups is 1. The zero-order valence-corrected chi connectivity index (χ0v) is 13.3. The first kappa shape index (κ1) is 14.3. The van der Waals surface area contributed by atoms with Crippen molar-refractivity contribution in [2.75, 3.05) is 0 Å². The molecule has 1 aliphatic carbocycles. The maximum atomic E-state index is 12.1. The number of halogens is 1. The normalized spacial score (nSPS) is 15.7. The van der Waals surface area contributed by atoms with E-state index >= 15 is 0 Å². The van der Waals surface area contributed by atoms with Crippen molar-refractivity contribution in [3.8, 4) is 0 Å². The first-order valence-corrected chi connectivity index (χ1v) is 8.02. The Hall–Kier alpha value is -1.62. The summed E-state index contributed by atoms with van der Waals surface area (Å²) in [6, 6.07) is 10.1. The molecule has 0 unspecified atom stereocenters. The molecule has 0 radical (unpaired) electrons. The summed E-state index contributed by atoms with van der Waals surface area (Å²) in [4.78, 5) is 12.1. The number of rotatable bonds is 6. The Kier molecular flexibility index (Phi) is 4.10. The van der Waals surface area contributed by atoms with E-state index in [0.29, 0.717) is 6.42 Å². The highest BCUT2D eigenvalue weighted by atomic mass is 79.9. The lowest BCUT2D eigenvalue weighted by Gasteiger charge is -2.18. The molecule has 0 aliphatic heterocycles. The Morgan fingerprint density at radius 3 is 2.90 bits per heavy atom. The van der Waals surface area contributed by atoms with E-state index in [9.17, 15) is 4.79 Å². The fourth-order valence-corrected chi connectivity index (χ4v) is 2.96. The van der Waals surface area contributed by atoms with Gasteiger partial charge in [-0.3, -0.25) is 9.48 Å². The van der Waals surface area contributed by atoms with E-state index in [1.54, 1.807) is 6.20 Å². The smallest absolute Gasteiger partial charge is 0.220 e. The summed E-state index contributed by atoms with van der Waals surface area (Å²) in [5, 5.41) is 7.34. The second-order valence-corrected chi connectivity index (χ2v) is 6.43. The summed E-state index contributed by atoms with van der Waals surface area (Å²) in [5.41, 5.74) is 1.06. The van der Waals surface area contributed by atoms with Gasteiger partial charge in [-0.15, -0.1) is 0 Å². The summed E-state index contributed by atoms with van der Waals surface area (Å²) in [6.45, 7) is 0.782. The van der Waals surface area contributed by atoms with Crippen molar-refractivity contribution in [1.82, 2.24) is 15.1 Å². The summed E-state index contributed by atoms with van der Waals surface area (Å²) < 4.78 is 2.91. The molecule has 110 valence electrons. The van der Waals surface area contributed by atoms with Crippen LogP contribution in [0.25, 0.3) is 0 Å². The zero-order valence-electron chi connectivity index (χ0n) is 11.8. The van der Waals surface area contributed by atoms with Crippen molar-refractivity contribution in [3.05, 3.63) is 52.8 Å². The molecule has 2 aromatic rings. The van der Waals surface area contributed by atoms with Gasteiger partial charge in [0.05, 0.1) is 5.54 Å². The highest BCUT2D eigenvalue weighted by Gasteiger charge is 2.45. The van der Waals surface area contributed by atoms with Gasteiger partial charge in [-0.1, -0.05) is 28.1 Å². The molecule has 1 aromatic carbocycles. The molecule has 1 saturated carbocycles. The van der Waals surface area contributed by atoms with Crippen molar-refractivity contribution in [1.29, 1.82) is 0 Å². The molecule has 1 fully saturated rings. The van der Waals surface area contributed by atoms with Crippen LogP contribution in [0, 0.1) is 0 Å². The number of carbonyl (C=O) groups excluding carboxylic acids is 1. The molecule has 21 heavy (non-hydrogen) atoms. The van der Waals surface area contributed by atoms with Gasteiger partial charge in [-0.25, -0.2) is 0 Å². The predicted octanol–water partition coefficient (Wildman–Crippen LogP) is 3.23. The molecular weight excluding hydrogens is 330 g/mol. The molecule has 0 bridgehead atoms. The molecule has 5 heteroatoms. The van der Waals surface area contributed by atoms with Gasteiger partial charge in [0.25, 0.3) is 0 Å². The molecule has 3 rings (SSSR count). The molecule has 1 aromatic heterocycles. The third-order valence-corrected chi connectivity index (χ3v) is 4.35. The van der Waals surface area contributed by atoms with Crippen LogP contribution in [0.5, 0.6) is 0 Å². The lowest BCUT2D eigenvalue weighted by molar-refractivity contribution is -0.122. The predicted molar refractivity (Wildman–Crippen MR) is 84.7 cm³/mol. The third-order valence-electron chi connectivity index (χ3n) is 3.86. The van der Waals surface area contributed by atoms with E-state index in [-0.39, 0.29) is 11.4 Å². The Balaban J connectivity index is 1.52. The molecule has 0 spiro atoms. The highest BCUT2D eigenvalue weighted by Crippen LogP contribution is 2.46. The summed E-state index contributed by atoms with van der Waals surface area (Å²) in [6.07, 6.45) is 7.06. The minimum atomic E-state index is -0.132. The second kappa shape index (κ2) is 6.02. The van der Waals surface area contributed by atoms with Crippen molar-refractivity contribution in [2.24, 2.45) is 0 Å². The quantitative estimate of drug-likeness (QED) is 0.871. The molecule has 0 saturated heterocycles. The van der Waals surface area contributed by atoms with Crippen LogP contribution in [0.15, 0.2) is 47.2 Å². The number of amides is 1. The van der Waals surface area contributed by atoms with Crippen LogP contribution in [-0.4, -0.2) is 15.7 Å². The van der Waals surface area contributed by atoms with Crippen molar-refractivity contribution < 1.29 is 4.79 Å². The number of nitrogens with one attached hydrogen (secondary N) is 1. The maximum Gasteiger partial charge on any atom is 0.220 e. The summed E-state index contributed by atoms with van der Waals surface area (Å²) >= 11 is 3.49. The Labute approximate surface area is 132 Å². The molecule has 1 N–H and O–H groups in total. The first-order valence-electron chi connectivity index (χ1n) is 7.22. The van der Waals surface area contributed by atoms with Crippen molar-refractivity contribution in [3.63, 3.8) is 0 Å². The van der Waals surface area contributed by atoms with Crippen molar-refractivity contribution in [2.45, 2.75) is 37.8 Å². The van der Waals surface area contributed by atoms with Gasteiger partial charge in [0, 0.05) is 29.8 Å². The number of nitrogens with zero attached hydrogens (tertiary/aromatic N) is 2. The number of hydrogen-bond donors (Lipinski definition) is 1. The standard InChI is InChI=1S/C16H18BrN3O/c17-14-5-1-4-13(12-14)16(7-8-16)19-15(21)6-2-10-20-11-3-9-18-20/h1,3-5,9,11-12H,2,6-8,10H2,(H,19,21). The SMILES string of the molecule is O=C(CCCn1cccn1)NC1(c2cccc(Br)c2)CC1. The van der Waals surface area contributed by atoms with Gasteiger partial charge in [0.1, 0.15) is 0 Å². The lowest BCUT2D eigenvalue weighted by atomic mass is 10.0.